The van der Waals surface area contributed by atoms with Crippen molar-refractivity contribution in [2.75, 3.05) is 25.1 Å². The number of hydrogen-bond donors (Lipinski definition) is 2. The van der Waals surface area contributed by atoms with Crippen molar-refractivity contribution in [2.24, 2.45) is 11.1 Å². The van der Waals surface area contributed by atoms with Crippen molar-refractivity contribution in [2.45, 2.75) is 19.8 Å². The van der Waals surface area contributed by atoms with Gasteiger partial charge in [0.05, 0.1) is 5.56 Å². The van der Waals surface area contributed by atoms with Gasteiger partial charge in [0, 0.05) is 25.4 Å². The molecule has 0 saturated carbocycles. The van der Waals surface area contributed by atoms with E-state index in [0.717, 1.165) is 32.6 Å². The van der Waals surface area contributed by atoms with Crippen LogP contribution in [0.3, 0.4) is 0 Å². The van der Waals surface area contributed by atoms with Crippen molar-refractivity contribution in [3.05, 3.63) is 29.6 Å². The first-order chi connectivity index (χ1) is 9.02. The lowest BCUT2D eigenvalue weighted by atomic mass is 9.82. The molecule has 0 aromatic heterocycles. The lowest BCUT2D eigenvalue weighted by molar-refractivity contribution is 0.0300. The molecular formula is C14H19FN2OS. The summed E-state index contributed by atoms with van der Waals surface area (Å²) in [5.41, 5.74) is 6.72. The molecule has 3 N–H and O–H groups in total. The highest BCUT2D eigenvalue weighted by molar-refractivity contribution is 7.80. The van der Waals surface area contributed by atoms with Crippen LogP contribution in [0.5, 0.6) is 0 Å². The summed E-state index contributed by atoms with van der Waals surface area (Å²) in [5.74, 6) is -0.380. The van der Waals surface area contributed by atoms with Gasteiger partial charge in [0.25, 0.3) is 0 Å². The molecule has 1 heterocycles. The van der Waals surface area contributed by atoms with Gasteiger partial charge in [-0.15, -0.1) is 0 Å². The van der Waals surface area contributed by atoms with E-state index in [-0.39, 0.29) is 16.2 Å². The second-order valence-electron chi connectivity index (χ2n) is 5.30. The van der Waals surface area contributed by atoms with E-state index in [4.69, 9.17) is 22.7 Å². The summed E-state index contributed by atoms with van der Waals surface area (Å²) in [6.07, 6.45) is 2.00. The van der Waals surface area contributed by atoms with Gasteiger partial charge in [-0.25, -0.2) is 4.39 Å². The minimum absolute atomic E-state index is 0.0812. The number of rotatable bonds is 4. The first kappa shape index (κ1) is 14.2. The van der Waals surface area contributed by atoms with Crippen molar-refractivity contribution in [1.82, 2.24) is 0 Å². The second kappa shape index (κ2) is 5.84. The maximum atomic E-state index is 13.7. The highest BCUT2D eigenvalue weighted by Gasteiger charge is 2.27. The van der Waals surface area contributed by atoms with Gasteiger partial charge in [0.2, 0.25) is 0 Å². The molecule has 1 aromatic rings. The molecule has 3 nitrogen and oxygen atoms in total. The molecule has 1 aromatic carbocycles. The SMILES string of the molecule is CC1(CNc2cccc(F)c2C(N)=S)CCOCC1. The van der Waals surface area contributed by atoms with Gasteiger partial charge < -0.3 is 15.8 Å². The lowest BCUT2D eigenvalue weighted by Crippen LogP contribution is -2.33. The molecule has 0 bridgehead atoms. The average Bonchev–Trinajstić information content (AvgIpc) is 2.37. The van der Waals surface area contributed by atoms with Gasteiger partial charge in [0.1, 0.15) is 10.8 Å². The van der Waals surface area contributed by atoms with Crippen LogP contribution >= 0.6 is 12.2 Å². The Morgan fingerprint density at radius 1 is 1.47 bits per heavy atom. The highest BCUT2D eigenvalue weighted by atomic mass is 32.1. The molecule has 0 atom stereocenters. The molecule has 1 aliphatic heterocycles. The minimum Gasteiger partial charge on any atom is -0.389 e. The van der Waals surface area contributed by atoms with E-state index in [0.29, 0.717) is 11.3 Å². The number of thiocarbonyl (C=S) groups is 1. The molecule has 1 aliphatic rings. The predicted octanol–water partition coefficient (Wildman–Crippen LogP) is 2.69. The monoisotopic (exact) mass is 282 g/mol. The smallest absolute Gasteiger partial charge is 0.135 e. The number of nitrogens with one attached hydrogen (secondary N) is 1. The highest BCUT2D eigenvalue weighted by Crippen LogP contribution is 2.30. The van der Waals surface area contributed by atoms with Gasteiger partial charge >= 0.3 is 0 Å². The van der Waals surface area contributed by atoms with Gasteiger partial charge in [-0.3, -0.25) is 0 Å². The molecule has 104 valence electrons. The van der Waals surface area contributed by atoms with E-state index in [1.54, 1.807) is 12.1 Å². The molecule has 5 heteroatoms. The van der Waals surface area contributed by atoms with E-state index in [9.17, 15) is 4.39 Å². The Labute approximate surface area is 118 Å². The third kappa shape index (κ3) is 3.42. The van der Waals surface area contributed by atoms with Crippen molar-refractivity contribution in [1.29, 1.82) is 0 Å². The van der Waals surface area contributed by atoms with Crippen LogP contribution in [0.4, 0.5) is 10.1 Å². The summed E-state index contributed by atoms with van der Waals surface area (Å²) in [6, 6.07) is 4.84. The molecule has 0 amide bonds. The van der Waals surface area contributed by atoms with E-state index < -0.39 is 0 Å². The second-order valence-corrected chi connectivity index (χ2v) is 5.74. The summed E-state index contributed by atoms with van der Waals surface area (Å²) in [5, 5.41) is 3.28. The fourth-order valence-corrected chi connectivity index (χ4v) is 2.48. The van der Waals surface area contributed by atoms with E-state index in [2.05, 4.69) is 12.2 Å². The summed E-state index contributed by atoms with van der Waals surface area (Å²) in [7, 11) is 0. The van der Waals surface area contributed by atoms with Crippen LogP contribution in [0.1, 0.15) is 25.3 Å². The van der Waals surface area contributed by atoms with Crippen molar-refractivity contribution < 1.29 is 9.13 Å². The molecule has 1 saturated heterocycles. The summed E-state index contributed by atoms with van der Waals surface area (Å²) in [4.78, 5) is 0.0812. The Hall–Kier alpha value is -1.20. The maximum Gasteiger partial charge on any atom is 0.135 e. The molecule has 19 heavy (non-hydrogen) atoms. The van der Waals surface area contributed by atoms with Crippen molar-refractivity contribution in [3.63, 3.8) is 0 Å². The van der Waals surface area contributed by atoms with Crippen LogP contribution in [0.2, 0.25) is 0 Å². The number of nitrogens with two attached hydrogens (primary N) is 1. The van der Waals surface area contributed by atoms with Crippen molar-refractivity contribution in [3.8, 4) is 0 Å². The largest absolute Gasteiger partial charge is 0.389 e. The molecule has 1 fully saturated rings. The summed E-state index contributed by atoms with van der Waals surface area (Å²) in [6.45, 7) is 4.53. The van der Waals surface area contributed by atoms with Crippen LogP contribution in [0, 0.1) is 11.2 Å². The third-order valence-corrected chi connectivity index (χ3v) is 3.87. The molecule has 0 radical (unpaired) electrons. The average molecular weight is 282 g/mol. The number of anilines is 1. The zero-order valence-corrected chi connectivity index (χ0v) is 11.9. The van der Waals surface area contributed by atoms with Crippen LogP contribution in [-0.2, 0) is 4.74 Å². The normalized spacial score (nSPS) is 18.0. The fraction of sp³-hybridized carbons (Fsp3) is 0.500. The zero-order chi connectivity index (χ0) is 13.9. The zero-order valence-electron chi connectivity index (χ0n) is 11.0. The number of halogens is 1. The molecule has 0 unspecified atom stereocenters. The lowest BCUT2D eigenvalue weighted by Gasteiger charge is -2.34. The Morgan fingerprint density at radius 2 is 2.16 bits per heavy atom. The molecule has 0 aliphatic carbocycles. The van der Waals surface area contributed by atoms with Crippen LogP contribution < -0.4 is 11.1 Å². The fourth-order valence-electron chi connectivity index (χ4n) is 2.27. The maximum absolute atomic E-state index is 13.7. The van der Waals surface area contributed by atoms with Gasteiger partial charge in [-0.2, -0.15) is 0 Å². The Kier molecular flexibility index (Phi) is 4.37. The Bertz CT molecular complexity index is 473. The third-order valence-electron chi connectivity index (χ3n) is 3.67. The van der Waals surface area contributed by atoms with Crippen molar-refractivity contribution >= 4 is 22.9 Å². The number of benzene rings is 1. The first-order valence-corrected chi connectivity index (χ1v) is 6.83. The topological polar surface area (TPSA) is 47.3 Å². The van der Waals surface area contributed by atoms with Gasteiger partial charge in [-0.05, 0) is 30.4 Å². The molecule has 0 spiro atoms. The van der Waals surface area contributed by atoms with E-state index >= 15 is 0 Å². The van der Waals surface area contributed by atoms with Gasteiger partial charge in [0.15, 0.2) is 0 Å². The van der Waals surface area contributed by atoms with Crippen LogP contribution in [0.15, 0.2) is 18.2 Å². The molecule has 2 rings (SSSR count). The molecular weight excluding hydrogens is 263 g/mol. The van der Waals surface area contributed by atoms with Crippen LogP contribution in [0.25, 0.3) is 0 Å². The summed E-state index contributed by atoms with van der Waals surface area (Å²) >= 11 is 4.91. The van der Waals surface area contributed by atoms with E-state index in [1.807, 2.05) is 0 Å². The predicted molar refractivity (Wildman–Crippen MR) is 78.9 cm³/mol. The quantitative estimate of drug-likeness (QED) is 0.834. The van der Waals surface area contributed by atoms with E-state index in [1.165, 1.54) is 6.07 Å². The first-order valence-electron chi connectivity index (χ1n) is 6.42. The Morgan fingerprint density at radius 3 is 2.79 bits per heavy atom. The van der Waals surface area contributed by atoms with Crippen LogP contribution in [-0.4, -0.2) is 24.7 Å². The Balaban J connectivity index is 2.11. The van der Waals surface area contributed by atoms with Gasteiger partial charge in [-0.1, -0.05) is 25.2 Å². The number of hydrogen-bond acceptors (Lipinski definition) is 3. The number of ether oxygens (including phenoxy) is 1. The summed E-state index contributed by atoms with van der Waals surface area (Å²) < 4.78 is 19.1. The minimum atomic E-state index is -0.380. The standard InChI is InChI=1S/C14H19FN2OS/c1-14(5-7-18-8-6-14)9-17-11-4-2-3-10(15)12(11)13(16)19/h2-4,17H,5-9H2,1H3,(H2,16,19).